The molecule has 1 aromatic carbocycles. The van der Waals surface area contributed by atoms with Gasteiger partial charge in [0.15, 0.2) is 11.6 Å². The molecule has 0 atom stereocenters. The maximum atomic E-state index is 12.8. The topological polar surface area (TPSA) is 52.3 Å². The van der Waals surface area contributed by atoms with Gasteiger partial charge >= 0.3 is 57.4 Å². The predicted octanol–water partition coefficient (Wildman–Crippen LogP) is -2.19. The van der Waals surface area contributed by atoms with Gasteiger partial charge in [-0.05, 0) is 12.1 Å². The molecule has 0 heterocycles. The van der Waals surface area contributed by atoms with E-state index in [4.69, 9.17) is 5.73 Å². The summed E-state index contributed by atoms with van der Waals surface area (Å²) in [6.07, 6.45) is 0. The number of esters is 1. The molecule has 0 aliphatic heterocycles. The summed E-state index contributed by atoms with van der Waals surface area (Å²) >= 11 is 0. The van der Waals surface area contributed by atoms with Gasteiger partial charge in [0.1, 0.15) is 0 Å². The van der Waals surface area contributed by atoms with Crippen LogP contribution in [0.25, 0.3) is 0 Å². The van der Waals surface area contributed by atoms with E-state index in [0.29, 0.717) is 0 Å². The first-order valence-corrected chi connectivity index (χ1v) is 3.39. The van der Waals surface area contributed by atoms with E-state index < -0.39 is 11.8 Å². The van der Waals surface area contributed by atoms with E-state index in [0.717, 1.165) is 0 Å². The molecule has 0 saturated carbocycles. The van der Waals surface area contributed by atoms with Gasteiger partial charge in [0.2, 0.25) is 0 Å². The molecule has 13 heavy (non-hydrogen) atoms. The van der Waals surface area contributed by atoms with E-state index in [-0.39, 0.29) is 65.1 Å². The number of carbonyl (C=O) groups is 1. The van der Waals surface area contributed by atoms with Gasteiger partial charge in [-0.15, -0.1) is 0 Å². The van der Waals surface area contributed by atoms with Gasteiger partial charge in [-0.3, -0.25) is 4.79 Å². The monoisotopic (exact) mass is 209 g/mol. The third kappa shape index (κ3) is 4.30. The summed E-state index contributed by atoms with van der Waals surface area (Å²) in [6.45, 7) is -0.256. The molecule has 0 radical (unpaired) electrons. The van der Waals surface area contributed by atoms with Crippen LogP contribution < -0.4 is 61.9 Å². The van der Waals surface area contributed by atoms with Crippen molar-refractivity contribution in [3.8, 4) is 5.75 Å². The molecule has 1 rings (SSSR count). The van der Waals surface area contributed by atoms with Crippen LogP contribution in [0.2, 0.25) is 0 Å². The fourth-order valence-corrected chi connectivity index (χ4v) is 0.692. The molecule has 0 amide bonds. The molecule has 0 fully saturated rings. The van der Waals surface area contributed by atoms with Crippen molar-refractivity contribution < 1.29 is 66.7 Å². The molecule has 3 nitrogen and oxygen atoms in total. The van der Waals surface area contributed by atoms with Gasteiger partial charge in [-0.1, -0.05) is 12.1 Å². The van der Waals surface area contributed by atoms with Crippen LogP contribution in [0.3, 0.4) is 0 Å². The fraction of sp³-hybridized carbons (Fsp3) is 0.125. The number of hydrogen-bond donors (Lipinski definition) is 1. The molecular weight excluding hydrogens is 200 g/mol. The van der Waals surface area contributed by atoms with E-state index in [1.165, 1.54) is 18.2 Å². The number of halogens is 1. The van der Waals surface area contributed by atoms with Gasteiger partial charge in [0, 0.05) is 0 Å². The van der Waals surface area contributed by atoms with Crippen LogP contribution in [-0.2, 0) is 4.79 Å². The summed E-state index contributed by atoms with van der Waals surface area (Å²) in [5.41, 5.74) is 4.97. The van der Waals surface area contributed by atoms with Crippen LogP contribution >= 0.6 is 0 Å². The molecule has 66 valence electrons. The Balaban J connectivity index is 0. The van der Waals surface area contributed by atoms with Gasteiger partial charge < -0.3 is 11.9 Å². The van der Waals surface area contributed by atoms with Gasteiger partial charge in [0.05, 0.1) is 6.54 Å². The van der Waals surface area contributed by atoms with E-state index in [2.05, 4.69) is 4.74 Å². The second-order valence-corrected chi connectivity index (χ2v) is 2.11. The standard InChI is InChI=1S/C8H8FNO2.K.H/c9-6-3-1-2-4-7(6)12-8(11)5-10;;/h1-4H,5,10H2;;/q;+1;-1. The number of carbonyl (C=O) groups excluding carboxylic acids is 1. The molecule has 0 aromatic heterocycles. The normalized spacial score (nSPS) is 8.77. The van der Waals surface area contributed by atoms with Crippen LogP contribution in [0, 0.1) is 5.82 Å². The van der Waals surface area contributed by atoms with Crippen molar-refractivity contribution >= 4 is 5.97 Å². The summed E-state index contributed by atoms with van der Waals surface area (Å²) < 4.78 is 17.3. The summed E-state index contributed by atoms with van der Waals surface area (Å²) in [6, 6.07) is 5.65. The molecule has 0 unspecified atom stereocenters. The molecule has 0 aliphatic rings. The molecule has 0 bridgehead atoms. The minimum Gasteiger partial charge on any atom is -1.00 e. The Morgan fingerprint density at radius 2 is 2.15 bits per heavy atom. The van der Waals surface area contributed by atoms with Crippen molar-refractivity contribution in [2.75, 3.05) is 6.54 Å². The van der Waals surface area contributed by atoms with E-state index in [9.17, 15) is 9.18 Å². The van der Waals surface area contributed by atoms with Crippen LogP contribution in [0.5, 0.6) is 5.75 Å². The summed E-state index contributed by atoms with van der Waals surface area (Å²) in [5, 5.41) is 0. The third-order valence-electron chi connectivity index (χ3n) is 1.23. The first-order valence-electron chi connectivity index (χ1n) is 3.39. The van der Waals surface area contributed by atoms with E-state index >= 15 is 0 Å². The Hall–Kier alpha value is 0.216. The molecule has 1 aromatic rings. The molecule has 0 spiro atoms. The second kappa shape index (κ2) is 6.64. The second-order valence-electron chi connectivity index (χ2n) is 2.11. The Labute approximate surface area is 119 Å². The maximum absolute atomic E-state index is 12.8. The molecule has 0 aliphatic carbocycles. The molecule has 5 heteroatoms. The van der Waals surface area contributed by atoms with Crippen molar-refractivity contribution in [2.24, 2.45) is 5.73 Å². The van der Waals surface area contributed by atoms with Gasteiger partial charge in [0.25, 0.3) is 0 Å². The zero-order valence-corrected chi connectivity index (χ0v) is 10.4. The number of nitrogens with two attached hydrogens (primary N) is 1. The summed E-state index contributed by atoms with van der Waals surface area (Å²) in [5.74, 6) is -1.31. The molecular formula is C8H9FKNO2. The Kier molecular flexibility index (Phi) is 6.75. The minimum absolute atomic E-state index is 0. The first kappa shape index (κ1) is 13.2. The van der Waals surface area contributed by atoms with Crippen molar-refractivity contribution in [3.63, 3.8) is 0 Å². The summed E-state index contributed by atoms with van der Waals surface area (Å²) in [4.78, 5) is 10.6. The quantitative estimate of drug-likeness (QED) is 0.342. The number of hydrogen-bond acceptors (Lipinski definition) is 3. The Morgan fingerprint density at radius 3 is 2.69 bits per heavy atom. The number of ether oxygens (including phenoxy) is 1. The average Bonchev–Trinajstić information content (AvgIpc) is 2.09. The van der Waals surface area contributed by atoms with Crippen molar-refractivity contribution in [1.29, 1.82) is 0 Å². The number of para-hydroxylation sites is 1. The number of benzene rings is 1. The van der Waals surface area contributed by atoms with Crippen LogP contribution in [-0.4, -0.2) is 12.5 Å². The van der Waals surface area contributed by atoms with Crippen LogP contribution in [0.4, 0.5) is 4.39 Å². The third-order valence-corrected chi connectivity index (χ3v) is 1.23. The zero-order chi connectivity index (χ0) is 8.97. The van der Waals surface area contributed by atoms with E-state index in [1.807, 2.05) is 0 Å². The maximum Gasteiger partial charge on any atom is 1.00 e. The fourth-order valence-electron chi connectivity index (χ4n) is 0.692. The SMILES string of the molecule is NCC(=O)Oc1ccccc1F.[H-].[K+]. The van der Waals surface area contributed by atoms with Crippen molar-refractivity contribution in [1.82, 2.24) is 0 Å². The molecule has 0 saturated heterocycles. The largest absolute Gasteiger partial charge is 1.00 e. The Bertz CT molecular complexity index is 298. The molecule has 2 N–H and O–H groups in total. The summed E-state index contributed by atoms with van der Waals surface area (Å²) in [7, 11) is 0. The smallest absolute Gasteiger partial charge is 1.00 e. The van der Waals surface area contributed by atoms with Gasteiger partial charge in [-0.2, -0.15) is 0 Å². The van der Waals surface area contributed by atoms with E-state index in [1.54, 1.807) is 6.07 Å². The van der Waals surface area contributed by atoms with Crippen LogP contribution in [0.1, 0.15) is 1.43 Å². The number of rotatable bonds is 2. The zero-order valence-electron chi connectivity index (χ0n) is 8.29. The van der Waals surface area contributed by atoms with Gasteiger partial charge in [-0.25, -0.2) is 4.39 Å². The van der Waals surface area contributed by atoms with Crippen molar-refractivity contribution in [3.05, 3.63) is 30.1 Å². The first-order chi connectivity index (χ1) is 5.74. The predicted molar refractivity (Wildman–Crippen MR) is 42.2 cm³/mol. The van der Waals surface area contributed by atoms with Crippen LogP contribution in [0.15, 0.2) is 24.3 Å². The minimum atomic E-state index is -0.653. The van der Waals surface area contributed by atoms with Crippen molar-refractivity contribution in [2.45, 2.75) is 0 Å². The Morgan fingerprint density at radius 1 is 1.54 bits per heavy atom. The average molecular weight is 209 g/mol.